The van der Waals surface area contributed by atoms with Gasteiger partial charge in [0.15, 0.2) is 11.6 Å². The molecule has 0 atom stereocenters. The number of ether oxygens (including phenoxy) is 1. The molecule has 0 aliphatic heterocycles. The fourth-order valence-corrected chi connectivity index (χ4v) is 5.05. The van der Waals surface area contributed by atoms with Gasteiger partial charge in [0.25, 0.3) is 0 Å². The zero-order chi connectivity index (χ0) is 24.1. The quantitative estimate of drug-likeness (QED) is 0.317. The van der Waals surface area contributed by atoms with Crippen molar-refractivity contribution in [2.75, 3.05) is 7.11 Å². The Hall–Kier alpha value is -3.01. The van der Waals surface area contributed by atoms with Crippen LogP contribution in [0.15, 0.2) is 66.7 Å². The third-order valence-electron chi connectivity index (χ3n) is 7.06. The van der Waals surface area contributed by atoms with E-state index >= 15 is 4.39 Å². The smallest absolute Gasteiger partial charge is 0.201 e. The maximum atomic E-state index is 15.1. The lowest BCUT2D eigenvalue weighted by molar-refractivity contribution is 0.308. The summed E-state index contributed by atoms with van der Waals surface area (Å²) in [5.41, 5.74) is 3.12. The Morgan fingerprint density at radius 2 is 1.50 bits per heavy atom. The van der Waals surface area contributed by atoms with Crippen LogP contribution >= 0.6 is 0 Å². The number of rotatable bonds is 7. The summed E-state index contributed by atoms with van der Waals surface area (Å²) >= 11 is 0. The predicted molar refractivity (Wildman–Crippen MR) is 132 cm³/mol. The van der Waals surface area contributed by atoms with Crippen LogP contribution in [-0.4, -0.2) is 7.11 Å². The lowest BCUT2D eigenvalue weighted by atomic mass is 9.77. The third-order valence-corrected chi connectivity index (χ3v) is 7.06. The molecule has 0 unspecified atom stereocenters. The van der Waals surface area contributed by atoms with Crippen LogP contribution in [-0.2, 0) is 0 Å². The topological polar surface area (TPSA) is 9.23 Å². The van der Waals surface area contributed by atoms with Gasteiger partial charge in [0.2, 0.25) is 5.82 Å². The van der Waals surface area contributed by atoms with Gasteiger partial charge in [0.05, 0.1) is 7.11 Å². The van der Waals surface area contributed by atoms with Crippen molar-refractivity contribution in [1.82, 2.24) is 0 Å². The summed E-state index contributed by atoms with van der Waals surface area (Å²) in [6, 6.07) is 15.4. The van der Waals surface area contributed by atoms with Crippen LogP contribution in [0.2, 0.25) is 0 Å². The molecule has 3 aromatic rings. The van der Waals surface area contributed by atoms with E-state index in [2.05, 4.69) is 19.1 Å². The third kappa shape index (κ3) is 5.22. The first-order chi connectivity index (χ1) is 16.5. The highest BCUT2D eigenvalue weighted by molar-refractivity contribution is 5.71. The molecule has 34 heavy (non-hydrogen) atoms. The zero-order valence-corrected chi connectivity index (χ0v) is 19.8. The molecule has 0 aromatic heterocycles. The van der Waals surface area contributed by atoms with Crippen molar-refractivity contribution in [2.24, 2.45) is 5.92 Å². The van der Waals surface area contributed by atoms with E-state index in [4.69, 9.17) is 4.74 Å². The average Bonchev–Trinajstić information content (AvgIpc) is 2.86. The zero-order valence-electron chi connectivity index (χ0n) is 19.8. The van der Waals surface area contributed by atoms with Crippen molar-refractivity contribution in [3.8, 4) is 28.0 Å². The maximum absolute atomic E-state index is 15.1. The van der Waals surface area contributed by atoms with Crippen LogP contribution in [0.4, 0.5) is 13.2 Å². The van der Waals surface area contributed by atoms with Crippen molar-refractivity contribution in [1.29, 1.82) is 0 Å². The molecule has 0 saturated heterocycles. The number of hydrogen-bond acceptors (Lipinski definition) is 1. The molecule has 0 N–H and O–H groups in total. The van der Waals surface area contributed by atoms with Gasteiger partial charge >= 0.3 is 0 Å². The van der Waals surface area contributed by atoms with Gasteiger partial charge in [-0.05, 0) is 97.7 Å². The first-order valence-electron chi connectivity index (χ1n) is 12.0. The van der Waals surface area contributed by atoms with E-state index in [-0.39, 0.29) is 23.0 Å². The summed E-state index contributed by atoms with van der Waals surface area (Å²) in [6.45, 7) is 2.06. The molecule has 1 fully saturated rings. The molecule has 0 radical (unpaired) electrons. The van der Waals surface area contributed by atoms with Crippen molar-refractivity contribution in [3.05, 3.63) is 89.8 Å². The highest BCUT2D eigenvalue weighted by Gasteiger charge is 2.24. The summed E-state index contributed by atoms with van der Waals surface area (Å²) < 4.78 is 48.4. The van der Waals surface area contributed by atoms with E-state index in [0.29, 0.717) is 5.56 Å². The number of halogens is 3. The van der Waals surface area contributed by atoms with Crippen LogP contribution in [0, 0.1) is 23.4 Å². The normalized spacial score (nSPS) is 18.4. The summed E-state index contributed by atoms with van der Waals surface area (Å²) in [5, 5.41) is 0. The standard InChI is InChI=1S/C30H31F3O/c1-3-4-5-6-20-7-9-22(10-8-20)25-16-15-24(19-27(25)31)21-11-13-23(14-12-21)26-17-18-28(34-2)30(33)29(26)32/h3-4,11-20,22H,5-10H2,1-2H3/b4-3+. The molecule has 1 aliphatic rings. The molecule has 1 aliphatic carbocycles. The molecule has 4 heteroatoms. The minimum absolute atomic E-state index is 0.129. The fourth-order valence-electron chi connectivity index (χ4n) is 5.05. The van der Waals surface area contributed by atoms with E-state index < -0.39 is 11.6 Å². The first-order valence-corrected chi connectivity index (χ1v) is 12.0. The summed E-state index contributed by atoms with van der Waals surface area (Å²) in [6.07, 6.45) is 11.1. The largest absolute Gasteiger partial charge is 0.494 e. The number of benzene rings is 3. The maximum Gasteiger partial charge on any atom is 0.201 e. The molecule has 1 nitrogen and oxygen atoms in total. The molecular formula is C30H31F3O. The second-order valence-corrected chi connectivity index (χ2v) is 9.12. The second kappa shape index (κ2) is 10.9. The summed E-state index contributed by atoms with van der Waals surface area (Å²) in [5.74, 6) is -1.22. The highest BCUT2D eigenvalue weighted by Crippen LogP contribution is 2.39. The minimum atomic E-state index is -1.01. The van der Waals surface area contributed by atoms with Gasteiger partial charge in [-0.2, -0.15) is 4.39 Å². The molecule has 178 valence electrons. The molecular weight excluding hydrogens is 433 g/mol. The monoisotopic (exact) mass is 464 g/mol. The van der Waals surface area contributed by atoms with Gasteiger partial charge in [0, 0.05) is 5.56 Å². The molecule has 4 rings (SSSR count). The molecule has 3 aromatic carbocycles. The van der Waals surface area contributed by atoms with Gasteiger partial charge in [-0.15, -0.1) is 0 Å². The van der Waals surface area contributed by atoms with Crippen molar-refractivity contribution in [2.45, 2.75) is 51.4 Å². The van der Waals surface area contributed by atoms with Crippen molar-refractivity contribution >= 4 is 0 Å². The Kier molecular flexibility index (Phi) is 7.77. The van der Waals surface area contributed by atoms with E-state index in [9.17, 15) is 8.78 Å². The summed E-state index contributed by atoms with van der Waals surface area (Å²) in [7, 11) is 1.30. The Bertz CT molecular complexity index is 1140. The molecule has 1 saturated carbocycles. The van der Waals surface area contributed by atoms with E-state index in [1.807, 2.05) is 12.1 Å². The van der Waals surface area contributed by atoms with Gasteiger partial charge in [0.1, 0.15) is 5.82 Å². The molecule has 0 spiro atoms. The van der Waals surface area contributed by atoms with Crippen LogP contribution < -0.4 is 4.74 Å². The SMILES string of the molecule is C/C=C/CCC1CCC(c2ccc(-c3ccc(-c4ccc(OC)c(F)c4F)cc3)cc2F)CC1. The molecule has 0 amide bonds. The Balaban J connectivity index is 1.46. The fraction of sp³-hybridized carbons (Fsp3) is 0.333. The second-order valence-electron chi connectivity index (χ2n) is 9.12. The molecule has 0 heterocycles. The first kappa shape index (κ1) is 24.1. The lowest BCUT2D eigenvalue weighted by Gasteiger charge is -2.29. The lowest BCUT2D eigenvalue weighted by Crippen LogP contribution is -2.14. The van der Waals surface area contributed by atoms with Gasteiger partial charge < -0.3 is 4.74 Å². The van der Waals surface area contributed by atoms with Crippen molar-refractivity contribution < 1.29 is 17.9 Å². The number of hydrogen-bond donors (Lipinski definition) is 0. The molecule has 0 bridgehead atoms. The Morgan fingerprint density at radius 3 is 2.15 bits per heavy atom. The average molecular weight is 465 g/mol. The van der Waals surface area contributed by atoms with E-state index in [1.165, 1.54) is 25.7 Å². The van der Waals surface area contributed by atoms with Crippen LogP contribution in [0.5, 0.6) is 5.75 Å². The van der Waals surface area contributed by atoms with Crippen LogP contribution in [0.1, 0.15) is 56.9 Å². The Morgan fingerprint density at radius 1 is 0.824 bits per heavy atom. The number of methoxy groups -OCH3 is 1. The van der Waals surface area contributed by atoms with Crippen molar-refractivity contribution in [3.63, 3.8) is 0 Å². The minimum Gasteiger partial charge on any atom is -0.494 e. The van der Waals surface area contributed by atoms with Crippen LogP contribution in [0.3, 0.4) is 0 Å². The van der Waals surface area contributed by atoms with E-state index in [1.54, 1.807) is 30.3 Å². The van der Waals surface area contributed by atoms with Gasteiger partial charge in [-0.3, -0.25) is 0 Å². The predicted octanol–water partition coefficient (Wildman–Crippen LogP) is 9.08. The van der Waals surface area contributed by atoms with Gasteiger partial charge in [-0.1, -0.05) is 48.6 Å². The number of allylic oxidation sites excluding steroid dienone is 2. The van der Waals surface area contributed by atoms with Gasteiger partial charge in [-0.25, -0.2) is 8.78 Å². The summed E-state index contributed by atoms with van der Waals surface area (Å²) in [4.78, 5) is 0. The highest BCUT2D eigenvalue weighted by atomic mass is 19.2. The Labute approximate surface area is 200 Å². The van der Waals surface area contributed by atoms with E-state index in [0.717, 1.165) is 54.7 Å². The van der Waals surface area contributed by atoms with Crippen LogP contribution in [0.25, 0.3) is 22.3 Å².